The maximum Gasteiger partial charge on any atom is 0.308 e. The zero-order valence-electron chi connectivity index (χ0n) is 7.57. The van der Waals surface area contributed by atoms with Crippen molar-refractivity contribution in [3.8, 4) is 0 Å². The van der Waals surface area contributed by atoms with Crippen LogP contribution in [0.4, 0.5) is 26.4 Å². The summed E-state index contributed by atoms with van der Waals surface area (Å²) in [5.41, 5.74) is -1.93. The van der Waals surface area contributed by atoms with Gasteiger partial charge in [-0.3, -0.25) is 4.79 Å². The summed E-state index contributed by atoms with van der Waals surface area (Å²) in [5, 5.41) is -0.879. The number of aromatic nitrogens is 2. The van der Waals surface area contributed by atoms with Gasteiger partial charge in [-0.05, 0) is 0 Å². The van der Waals surface area contributed by atoms with Crippen LogP contribution in [-0.2, 0) is 0 Å². The third-order valence-electron chi connectivity index (χ3n) is 2.03. The quantitative estimate of drug-likeness (QED) is 0.408. The fraction of sp³-hybridized carbons (Fsp3) is 0. The maximum atomic E-state index is 13.1. The van der Waals surface area contributed by atoms with Crippen molar-refractivity contribution in [2.45, 2.75) is 0 Å². The van der Waals surface area contributed by atoms with Crippen LogP contribution in [0.25, 0.3) is 10.8 Å². The zero-order chi connectivity index (χ0) is 12.9. The van der Waals surface area contributed by atoms with Gasteiger partial charge in [-0.15, -0.1) is 5.10 Å². The summed E-state index contributed by atoms with van der Waals surface area (Å²) in [7, 11) is 0. The highest BCUT2D eigenvalue weighted by Gasteiger charge is 2.26. The molecule has 0 spiro atoms. The Balaban J connectivity index is 3.23. The van der Waals surface area contributed by atoms with Gasteiger partial charge in [-0.25, -0.2) is 17.6 Å². The first kappa shape index (κ1) is 11.4. The summed E-state index contributed by atoms with van der Waals surface area (Å²) in [5.74, 6) is -11.0. The molecule has 2 rings (SSSR count). The second kappa shape index (κ2) is 3.47. The van der Waals surface area contributed by atoms with Crippen LogP contribution >= 0.6 is 0 Å². The van der Waals surface area contributed by atoms with Crippen LogP contribution in [0.2, 0.25) is 0 Å². The second-order valence-corrected chi connectivity index (χ2v) is 2.96. The molecule has 0 saturated heterocycles. The Kier molecular flexibility index (Phi) is 2.33. The molecular formula is C8F6N2O. The number of halogens is 6. The fourth-order valence-corrected chi connectivity index (χ4v) is 1.29. The summed E-state index contributed by atoms with van der Waals surface area (Å²) < 4.78 is 77.3. The molecule has 0 unspecified atom stereocenters. The molecule has 1 heterocycles. The highest BCUT2D eigenvalue weighted by Crippen LogP contribution is 2.25. The molecule has 0 fully saturated rings. The molecule has 0 N–H and O–H groups in total. The Bertz CT molecular complexity index is 695. The van der Waals surface area contributed by atoms with Crippen molar-refractivity contribution in [1.29, 1.82) is 0 Å². The van der Waals surface area contributed by atoms with Gasteiger partial charge in [0.2, 0.25) is 5.95 Å². The molecule has 0 bridgehead atoms. The monoisotopic (exact) mass is 254 g/mol. The molecule has 0 atom stereocenters. The van der Waals surface area contributed by atoms with E-state index in [1.807, 2.05) is 0 Å². The van der Waals surface area contributed by atoms with Crippen LogP contribution in [0.3, 0.4) is 0 Å². The Morgan fingerprint density at radius 2 is 1.29 bits per heavy atom. The molecule has 90 valence electrons. The van der Waals surface area contributed by atoms with E-state index in [1.165, 1.54) is 0 Å². The molecule has 0 radical (unpaired) electrons. The predicted molar refractivity (Wildman–Crippen MR) is 42.3 cm³/mol. The normalized spacial score (nSPS) is 11.2. The summed E-state index contributed by atoms with van der Waals surface area (Å²) in [4.78, 5) is 9.84. The minimum atomic E-state index is -2.34. The van der Waals surface area contributed by atoms with Crippen molar-refractivity contribution in [3.05, 3.63) is 39.6 Å². The Hall–Kier alpha value is -2.06. The average molecular weight is 254 g/mol. The number of benzene rings is 1. The van der Waals surface area contributed by atoms with Crippen LogP contribution in [0.15, 0.2) is 4.79 Å². The van der Waals surface area contributed by atoms with Gasteiger partial charge in [0, 0.05) is 0 Å². The molecule has 9 heteroatoms. The van der Waals surface area contributed by atoms with E-state index in [0.717, 1.165) is 0 Å². The lowest BCUT2D eigenvalue weighted by Gasteiger charge is -2.04. The molecule has 17 heavy (non-hydrogen) atoms. The lowest BCUT2D eigenvalue weighted by atomic mass is 10.1. The van der Waals surface area contributed by atoms with Crippen molar-refractivity contribution in [1.82, 2.24) is 10.0 Å². The molecule has 3 nitrogen and oxygen atoms in total. The molecule has 1 aromatic heterocycles. The predicted octanol–water partition coefficient (Wildman–Crippen LogP) is 1.82. The van der Waals surface area contributed by atoms with E-state index in [1.54, 1.807) is 0 Å². The van der Waals surface area contributed by atoms with Gasteiger partial charge < -0.3 is 0 Å². The lowest BCUT2D eigenvalue weighted by Crippen LogP contribution is -2.21. The van der Waals surface area contributed by atoms with E-state index in [9.17, 15) is 31.2 Å². The molecule has 1 aromatic carbocycles. The number of hydrogen-bond donors (Lipinski definition) is 0. The van der Waals surface area contributed by atoms with Gasteiger partial charge in [0.1, 0.15) is 0 Å². The molecule has 0 saturated carbocycles. The van der Waals surface area contributed by atoms with Gasteiger partial charge in [-0.2, -0.15) is 4.39 Å². The molecule has 0 aliphatic carbocycles. The van der Waals surface area contributed by atoms with Gasteiger partial charge >= 0.3 is 5.56 Å². The van der Waals surface area contributed by atoms with Crippen LogP contribution in [-0.4, -0.2) is 10.0 Å². The molecular weight excluding hydrogens is 254 g/mol. The van der Waals surface area contributed by atoms with Crippen molar-refractivity contribution >= 4 is 10.8 Å². The van der Waals surface area contributed by atoms with E-state index in [0.29, 0.717) is 0 Å². The number of hydrogen-bond acceptors (Lipinski definition) is 2. The summed E-state index contributed by atoms with van der Waals surface area (Å²) in [6.45, 7) is 0. The zero-order valence-corrected chi connectivity index (χ0v) is 7.57. The maximum absolute atomic E-state index is 13.1. The van der Waals surface area contributed by atoms with Crippen molar-refractivity contribution in [2.24, 2.45) is 0 Å². The SMILES string of the molecule is O=c1c2c(F)c(F)c(F)c(F)c2c(F)nn1F. The fourth-order valence-electron chi connectivity index (χ4n) is 1.29. The Labute approximate surface area is 87.8 Å². The average Bonchev–Trinajstić information content (AvgIpc) is 2.28. The van der Waals surface area contributed by atoms with E-state index >= 15 is 0 Å². The third-order valence-corrected chi connectivity index (χ3v) is 2.03. The number of fused-ring (bicyclic) bond motifs is 1. The minimum Gasteiger partial charge on any atom is -0.264 e. The highest BCUT2D eigenvalue weighted by molar-refractivity contribution is 5.82. The first-order valence-electron chi connectivity index (χ1n) is 3.97. The Morgan fingerprint density at radius 1 is 0.824 bits per heavy atom. The number of nitrogens with zero attached hydrogens (tertiary/aromatic N) is 2. The summed E-state index contributed by atoms with van der Waals surface area (Å²) >= 11 is 0. The Morgan fingerprint density at radius 3 is 1.82 bits per heavy atom. The molecule has 0 aliphatic rings. The molecule has 0 amide bonds. The number of rotatable bonds is 0. The summed E-state index contributed by atoms with van der Waals surface area (Å²) in [6.07, 6.45) is 0. The standard InChI is InChI=1S/C8F6N2O/c9-3-1-2(4(10)6(12)5(3)11)8(17)16(14)15-7(1)13. The first-order valence-corrected chi connectivity index (χ1v) is 3.97. The topological polar surface area (TPSA) is 34.9 Å². The van der Waals surface area contributed by atoms with Crippen LogP contribution in [0.1, 0.15) is 0 Å². The molecule has 2 aromatic rings. The largest absolute Gasteiger partial charge is 0.308 e. The van der Waals surface area contributed by atoms with Gasteiger partial charge in [-0.1, -0.05) is 9.39 Å². The van der Waals surface area contributed by atoms with Crippen LogP contribution in [0.5, 0.6) is 0 Å². The smallest absolute Gasteiger partial charge is 0.264 e. The van der Waals surface area contributed by atoms with Gasteiger partial charge in [0.05, 0.1) is 10.8 Å². The lowest BCUT2D eigenvalue weighted by molar-refractivity contribution is 0.278. The van der Waals surface area contributed by atoms with Crippen molar-refractivity contribution in [3.63, 3.8) is 0 Å². The van der Waals surface area contributed by atoms with Crippen LogP contribution < -0.4 is 5.56 Å². The minimum absolute atomic E-state index is 1.14. The van der Waals surface area contributed by atoms with Crippen molar-refractivity contribution in [2.75, 3.05) is 0 Å². The second-order valence-electron chi connectivity index (χ2n) is 2.96. The van der Waals surface area contributed by atoms with Crippen molar-refractivity contribution < 1.29 is 26.4 Å². The van der Waals surface area contributed by atoms with Gasteiger partial charge in [0.15, 0.2) is 23.3 Å². The summed E-state index contributed by atoms with van der Waals surface area (Å²) in [6, 6.07) is 0. The van der Waals surface area contributed by atoms with Gasteiger partial charge in [0.25, 0.3) is 0 Å². The van der Waals surface area contributed by atoms with E-state index in [2.05, 4.69) is 5.10 Å². The van der Waals surface area contributed by atoms with E-state index in [-0.39, 0.29) is 0 Å². The van der Waals surface area contributed by atoms with E-state index < -0.39 is 50.5 Å². The highest BCUT2D eigenvalue weighted by atomic mass is 19.2. The first-order chi connectivity index (χ1) is 7.86. The third kappa shape index (κ3) is 1.38. The van der Waals surface area contributed by atoms with Crippen LogP contribution in [0, 0.1) is 29.2 Å². The molecule has 0 aliphatic heterocycles. The van der Waals surface area contributed by atoms with E-state index in [4.69, 9.17) is 0 Å².